The molecule has 0 amide bonds. The van der Waals surface area contributed by atoms with Crippen LogP contribution >= 0.6 is 0 Å². The Bertz CT molecular complexity index is 4390. The molecule has 14 aromatic rings. The van der Waals surface area contributed by atoms with Crippen LogP contribution in [0.25, 0.3) is 98.0 Å². The van der Waals surface area contributed by atoms with Crippen LogP contribution in [0.1, 0.15) is 11.1 Å². The summed E-state index contributed by atoms with van der Waals surface area (Å²) in [7, 11) is 0. The van der Waals surface area contributed by atoms with E-state index in [9.17, 15) is 0 Å². The Morgan fingerprint density at radius 3 is 0.583 bits per heavy atom. The third-order valence-corrected chi connectivity index (χ3v) is 15.8. The van der Waals surface area contributed by atoms with Crippen molar-refractivity contribution >= 4 is 64.6 Å². The molecule has 14 aromatic carbocycles. The summed E-state index contributed by atoms with van der Waals surface area (Å²) >= 11 is 0. The summed E-state index contributed by atoms with van der Waals surface area (Å²) in [6.45, 7) is 1.94. The van der Waals surface area contributed by atoms with Crippen LogP contribution in [0.2, 0.25) is 0 Å². The van der Waals surface area contributed by atoms with Gasteiger partial charge in [0.2, 0.25) is 0 Å². The van der Waals surface area contributed by atoms with Crippen LogP contribution in [0.4, 0.5) is 0 Å². The zero-order valence-electron chi connectivity index (χ0n) is 46.3. The van der Waals surface area contributed by atoms with E-state index in [4.69, 9.17) is 28.4 Å². The van der Waals surface area contributed by atoms with Crippen LogP contribution in [-0.2, 0) is 13.2 Å². The highest BCUT2D eigenvalue weighted by molar-refractivity contribution is 6.12. The van der Waals surface area contributed by atoms with Crippen molar-refractivity contribution in [1.29, 1.82) is 0 Å². The average Bonchev–Trinajstić information content (AvgIpc) is 3.74. The molecule has 0 unspecified atom stereocenters. The van der Waals surface area contributed by atoms with Crippen molar-refractivity contribution in [3.63, 3.8) is 0 Å². The summed E-state index contributed by atoms with van der Waals surface area (Å²) < 4.78 is 41.2. The smallest absolute Gasteiger partial charge is 0.128 e. The number of ether oxygens (including phenoxy) is 6. The molecule has 6 heteroatoms. The van der Waals surface area contributed by atoms with E-state index in [-0.39, 0.29) is 26.4 Å². The Balaban J connectivity index is 0.775. The number of hydrogen-bond donors (Lipinski definition) is 0. The monoisotopic (exact) mass is 1090 g/mol. The number of fused-ring (bicyclic) bond motifs is 6. The highest BCUT2D eigenvalue weighted by Gasteiger charge is 2.24. The molecule has 0 fully saturated rings. The normalized spacial score (nSPS) is 11.4. The maximum atomic E-state index is 6.96. The van der Waals surface area contributed by atoms with E-state index in [0.29, 0.717) is 13.2 Å². The van der Waals surface area contributed by atoms with Crippen LogP contribution in [-0.4, -0.2) is 26.4 Å². The first-order chi connectivity index (χ1) is 41.7. The van der Waals surface area contributed by atoms with Crippen molar-refractivity contribution in [3.05, 3.63) is 290 Å². The van der Waals surface area contributed by atoms with Gasteiger partial charge in [0.05, 0.1) is 0 Å². The van der Waals surface area contributed by atoms with Gasteiger partial charge < -0.3 is 28.4 Å². The number of benzene rings is 14. The molecule has 0 saturated heterocycles. The van der Waals surface area contributed by atoms with Crippen LogP contribution in [0.5, 0.6) is 34.5 Å². The SMILES string of the molecule is c1ccc(COc2ccc3ccccc3c2-c2c(OCCOc3ccc4ccccc4c3-c3c(OCCOc4ccc5ccccc5c4-c4c(OCc5ccccc5)ccc5ccccc45)ccc4ccccc34)ccc3ccccc23)cc1. The second-order valence-electron chi connectivity index (χ2n) is 20.9. The molecule has 0 N–H and O–H groups in total. The maximum Gasteiger partial charge on any atom is 0.128 e. The predicted molar refractivity (Wildman–Crippen MR) is 344 cm³/mol. The van der Waals surface area contributed by atoms with Crippen LogP contribution < -0.4 is 28.4 Å². The van der Waals surface area contributed by atoms with Gasteiger partial charge in [-0.25, -0.2) is 0 Å². The number of rotatable bonds is 19. The van der Waals surface area contributed by atoms with Gasteiger partial charge in [-0.3, -0.25) is 0 Å². The van der Waals surface area contributed by atoms with E-state index < -0.39 is 0 Å². The summed E-state index contributed by atoms with van der Waals surface area (Å²) in [5.74, 6) is 4.50. The lowest BCUT2D eigenvalue weighted by atomic mass is 9.92. The molecule has 0 radical (unpaired) electrons. The Labute approximate surface area is 488 Å². The lowest BCUT2D eigenvalue weighted by Gasteiger charge is -2.21. The van der Waals surface area contributed by atoms with E-state index in [0.717, 1.165) is 144 Å². The van der Waals surface area contributed by atoms with Gasteiger partial charge in [0.25, 0.3) is 0 Å². The molecule has 0 aromatic heterocycles. The minimum Gasteiger partial charge on any atom is -0.489 e. The highest BCUT2D eigenvalue weighted by Crippen LogP contribution is 2.49. The average molecular weight is 1090 g/mol. The Morgan fingerprint density at radius 2 is 0.357 bits per heavy atom. The first-order valence-corrected chi connectivity index (χ1v) is 28.7. The zero-order valence-corrected chi connectivity index (χ0v) is 46.3. The van der Waals surface area contributed by atoms with Gasteiger partial charge in [0, 0.05) is 33.4 Å². The highest BCUT2D eigenvalue weighted by atomic mass is 16.5. The van der Waals surface area contributed by atoms with Crippen molar-refractivity contribution in [3.8, 4) is 67.9 Å². The van der Waals surface area contributed by atoms with Crippen LogP contribution in [0, 0.1) is 0 Å². The third kappa shape index (κ3) is 10.3. The fourth-order valence-electron chi connectivity index (χ4n) is 11.9. The van der Waals surface area contributed by atoms with Gasteiger partial charge in [-0.05, 0) is 112 Å². The summed E-state index contributed by atoms with van der Waals surface area (Å²) in [5, 5.41) is 13.0. The Hall–Kier alpha value is -10.6. The van der Waals surface area contributed by atoms with Crippen molar-refractivity contribution in [2.75, 3.05) is 26.4 Å². The molecule has 0 spiro atoms. The summed E-state index contributed by atoms with van der Waals surface area (Å²) in [4.78, 5) is 0. The largest absolute Gasteiger partial charge is 0.489 e. The molecule has 14 rings (SSSR count). The van der Waals surface area contributed by atoms with Gasteiger partial charge in [-0.2, -0.15) is 0 Å². The molecule has 0 aliphatic rings. The standard InChI is InChI=1S/C78H58O6/c1-3-19-53(20-4-1)51-83-71-45-39-59-27-11-17-33-65(59)77(71)75-63-31-15-9-25-57(63)37-43-69(75)81-49-47-79-67-41-35-55-23-7-13-29-61(55)73(67)74-62-30-14-8-24-56(62)36-42-68(74)80-48-50-82-70-44-38-58-26-10-16-32-64(58)76(70)78-66-34-18-12-28-60(66)40-46-72(78)84-52-54-21-5-2-6-22-54/h1-46H,47-52H2. The molecule has 0 saturated carbocycles. The summed E-state index contributed by atoms with van der Waals surface area (Å²) in [6, 6.07) is 96.7. The van der Waals surface area contributed by atoms with E-state index in [1.807, 2.05) is 36.4 Å². The quantitative estimate of drug-likeness (QED) is 0.0752. The second-order valence-corrected chi connectivity index (χ2v) is 20.9. The van der Waals surface area contributed by atoms with Crippen molar-refractivity contribution in [2.45, 2.75) is 13.2 Å². The lowest BCUT2D eigenvalue weighted by Crippen LogP contribution is -2.11. The fourth-order valence-corrected chi connectivity index (χ4v) is 11.9. The summed E-state index contributed by atoms with van der Waals surface area (Å²) in [6.07, 6.45) is 0. The van der Waals surface area contributed by atoms with Crippen LogP contribution in [0.15, 0.2) is 279 Å². The fraction of sp³-hybridized carbons (Fsp3) is 0.0769. The van der Waals surface area contributed by atoms with E-state index in [1.54, 1.807) is 0 Å². The van der Waals surface area contributed by atoms with Gasteiger partial charge in [0.15, 0.2) is 0 Å². The molecular weight excluding hydrogens is 1030 g/mol. The third-order valence-electron chi connectivity index (χ3n) is 15.8. The van der Waals surface area contributed by atoms with Crippen LogP contribution in [0.3, 0.4) is 0 Å². The van der Waals surface area contributed by atoms with E-state index in [1.165, 1.54) is 0 Å². The first-order valence-electron chi connectivity index (χ1n) is 28.7. The van der Waals surface area contributed by atoms with Crippen molar-refractivity contribution in [2.24, 2.45) is 0 Å². The predicted octanol–water partition coefficient (Wildman–Crippen LogP) is 19.7. The second kappa shape index (κ2) is 23.5. The molecule has 0 bridgehead atoms. The molecule has 0 heterocycles. The number of hydrogen-bond acceptors (Lipinski definition) is 6. The van der Waals surface area contributed by atoms with Gasteiger partial charge in [0.1, 0.15) is 74.1 Å². The first kappa shape index (κ1) is 51.6. The minimum absolute atomic E-state index is 0.267. The van der Waals surface area contributed by atoms with Crippen molar-refractivity contribution < 1.29 is 28.4 Å². The lowest BCUT2D eigenvalue weighted by molar-refractivity contribution is 0.216. The Morgan fingerprint density at radius 1 is 0.167 bits per heavy atom. The van der Waals surface area contributed by atoms with Gasteiger partial charge in [-0.1, -0.05) is 243 Å². The Kier molecular flexibility index (Phi) is 14.4. The van der Waals surface area contributed by atoms with Crippen molar-refractivity contribution in [1.82, 2.24) is 0 Å². The molecule has 0 atom stereocenters. The minimum atomic E-state index is 0.267. The molecule has 6 nitrogen and oxygen atoms in total. The topological polar surface area (TPSA) is 55.4 Å². The van der Waals surface area contributed by atoms with E-state index >= 15 is 0 Å². The molecule has 406 valence electrons. The van der Waals surface area contributed by atoms with Gasteiger partial charge >= 0.3 is 0 Å². The maximum absolute atomic E-state index is 6.96. The molecular formula is C78H58O6. The molecule has 84 heavy (non-hydrogen) atoms. The molecule has 0 aliphatic carbocycles. The summed E-state index contributed by atoms with van der Waals surface area (Å²) in [5.41, 5.74) is 8.00. The van der Waals surface area contributed by atoms with E-state index in [2.05, 4.69) is 243 Å². The zero-order chi connectivity index (χ0) is 56.0. The molecule has 0 aliphatic heterocycles. The van der Waals surface area contributed by atoms with Gasteiger partial charge in [-0.15, -0.1) is 0 Å².